The monoisotopic (exact) mass is 202 g/mol. The van der Waals surface area contributed by atoms with Crippen LogP contribution in [0.4, 0.5) is 5.95 Å². The van der Waals surface area contributed by atoms with Crippen molar-refractivity contribution in [2.24, 2.45) is 5.73 Å². The fourth-order valence-electron chi connectivity index (χ4n) is 2.24. The van der Waals surface area contributed by atoms with E-state index in [4.69, 9.17) is 5.73 Å². The van der Waals surface area contributed by atoms with Crippen LogP contribution in [0, 0.1) is 0 Å². The van der Waals surface area contributed by atoms with Crippen molar-refractivity contribution in [3.05, 3.63) is 24.3 Å². The van der Waals surface area contributed by atoms with Crippen LogP contribution in [0.3, 0.4) is 0 Å². The van der Waals surface area contributed by atoms with E-state index in [9.17, 15) is 0 Å². The Morgan fingerprint density at radius 3 is 3.20 bits per heavy atom. The van der Waals surface area contributed by atoms with Crippen LogP contribution < -0.4 is 11.1 Å². The molecule has 1 aliphatic rings. The summed E-state index contributed by atoms with van der Waals surface area (Å²) in [5.41, 5.74) is 8.01. The van der Waals surface area contributed by atoms with Crippen LogP contribution in [0.15, 0.2) is 24.3 Å². The molecule has 0 fully saturated rings. The SMILES string of the molecule is NCC1CCNc2nc3ccccc3n21. The van der Waals surface area contributed by atoms with E-state index in [1.165, 1.54) is 5.52 Å². The van der Waals surface area contributed by atoms with Crippen LogP contribution >= 0.6 is 0 Å². The first-order chi connectivity index (χ1) is 7.40. The van der Waals surface area contributed by atoms with Gasteiger partial charge in [0.25, 0.3) is 0 Å². The van der Waals surface area contributed by atoms with Crippen molar-refractivity contribution < 1.29 is 0 Å². The zero-order valence-electron chi connectivity index (χ0n) is 8.48. The number of aromatic nitrogens is 2. The molecular weight excluding hydrogens is 188 g/mol. The lowest BCUT2D eigenvalue weighted by molar-refractivity contribution is 0.480. The summed E-state index contributed by atoms with van der Waals surface area (Å²) in [6.07, 6.45) is 1.07. The van der Waals surface area contributed by atoms with Gasteiger partial charge < -0.3 is 15.6 Å². The fourth-order valence-corrected chi connectivity index (χ4v) is 2.24. The maximum Gasteiger partial charge on any atom is 0.204 e. The van der Waals surface area contributed by atoms with Crippen LogP contribution in [0.1, 0.15) is 12.5 Å². The normalized spacial score (nSPS) is 19.9. The van der Waals surface area contributed by atoms with E-state index in [-0.39, 0.29) is 0 Å². The second-order valence-electron chi connectivity index (χ2n) is 3.90. The molecule has 4 nitrogen and oxygen atoms in total. The molecule has 0 amide bonds. The number of fused-ring (bicyclic) bond motifs is 3. The minimum atomic E-state index is 0.383. The first-order valence-electron chi connectivity index (χ1n) is 5.31. The standard InChI is InChI=1S/C11H14N4/c12-7-8-5-6-13-11-14-9-3-1-2-4-10(9)15(8)11/h1-4,8H,5-7,12H2,(H,13,14). The van der Waals surface area contributed by atoms with Crippen LogP contribution in [0.25, 0.3) is 11.0 Å². The number of nitrogens with one attached hydrogen (secondary N) is 1. The lowest BCUT2D eigenvalue weighted by Gasteiger charge is -2.25. The van der Waals surface area contributed by atoms with E-state index in [1.807, 2.05) is 18.2 Å². The second kappa shape index (κ2) is 3.24. The lowest BCUT2D eigenvalue weighted by Crippen LogP contribution is -2.28. The van der Waals surface area contributed by atoms with Crippen LogP contribution in [-0.4, -0.2) is 22.6 Å². The molecule has 1 aromatic heterocycles. The molecule has 0 radical (unpaired) electrons. The van der Waals surface area contributed by atoms with Gasteiger partial charge in [0.05, 0.1) is 17.1 Å². The number of rotatable bonds is 1. The topological polar surface area (TPSA) is 55.9 Å². The van der Waals surface area contributed by atoms with Crippen LogP contribution in [0.5, 0.6) is 0 Å². The molecule has 0 saturated heterocycles. The molecule has 0 bridgehead atoms. The van der Waals surface area contributed by atoms with Gasteiger partial charge in [0, 0.05) is 13.1 Å². The number of anilines is 1. The van der Waals surface area contributed by atoms with Gasteiger partial charge in [-0.25, -0.2) is 4.98 Å². The molecule has 1 aromatic carbocycles. The third kappa shape index (κ3) is 1.22. The number of hydrogen-bond donors (Lipinski definition) is 2. The third-order valence-electron chi connectivity index (χ3n) is 2.99. The zero-order valence-corrected chi connectivity index (χ0v) is 8.48. The summed E-state index contributed by atoms with van der Waals surface area (Å²) in [6.45, 7) is 1.64. The Hall–Kier alpha value is -1.55. The molecule has 1 atom stereocenters. The highest BCUT2D eigenvalue weighted by atomic mass is 15.2. The van der Waals surface area contributed by atoms with E-state index in [2.05, 4.69) is 20.9 Å². The molecule has 1 unspecified atom stereocenters. The van der Waals surface area contributed by atoms with E-state index in [1.54, 1.807) is 0 Å². The Balaban J connectivity index is 2.27. The molecule has 0 spiro atoms. The van der Waals surface area contributed by atoms with Gasteiger partial charge in [-0.15, -0.1) is 0 Å². The molecule has 3 N–H and O–H groups in total. The predicted molar refractivity (Wildman–Crippen MR) is 60.9 cm³/mol. The lowest BCUT2D eigenvalue weighted by atomic mass is 10.1. The molecule has 4 heteroatoms. The van der Waals surface area contributed by atoms with Gasteiger partial charge in [0.2, 0.25) is 5.95 Å². The summed E-state index contributed by atoms with van der Waals surface area (Å²) in [5.74, 6) is 0.956. The molecule has 0 saturated carbocycles. The Morgan fingerprint density at radius 2 is 2.33 bits per heavy atom. The Morgan fingerprint density at radius 1 is 1.47 bits per heavy atom. The average Bonchev–Trinajstić information content (AvgIpc) is 2.67. The van der Waals surface area contributed by atoms with E-state index >= 15 is 0 Å². The van der Waals surface area contributed by atoms with Crippen LogP contribution in [0.2, 0.25) is 0 Å². The summed E-state index contributed by atoms with van der Waals surface area (Å²) >= 11 is 0. The highest BCUT2D eigenvalue weighted by Crippen LogP contribution is 2.28. The molecule has 3 rings (SSSR count). The number of nitrogens with two attached hydrogens (primary N) is 1. The maximum atomic E-state index is 5.79. The summed E-state index contributed by atoms with van der Waals surface area (Å²) in [7, 11) is 0. The number of imidazole rings is 1. The van der Waals surface area contributed by atoms with Crippen molar-refractivity contribution in [3.63, 3.8) is 0 Å². The summed E-state index contributed by atoms with van der Waals surface area (Å²) in [5, 5.41) is 3.31. The van der Waals surface area contributed by atoms with E-state index < -0.39 is 0 Å². The van der Waals surface area contributed by atoms with E-state index in [0.717, 1.165) is 24.4 Å². The van der Waals surface area contributed by atoms with Crippen molar-refractivity contribution in [2.45, 2.75) is 12.5 Å². The van der Waals surface area contributed by atoms with Gasteiger partial charge in [0.15, 0.2) is 0 Å². The molecule has 1 aliphatic heterocycles. The van der Waals surface area contributed by atoms with Crippen molar-refractivity contribution in [3.8, 4) is 0 Å². The number of nitrogens with zero attached hydrogens (tertiary/aromatic N) is 2. The van der Waals surface area contributed by atoms with Crippen molar-refractivity contribution in [1.82, 2.24) is 9.55 Å². The van der Waals surface area contributed by atoms with Gasteiger partial charge in [-0.1, -0.05) is 12.1 Å². The number of hydrogen-bond acceptors (Lipinski definition) is 3. The number of para-hydroxylation sites is 2. The maximum absolute atomic E-state index is 5.79. The molecule has 78 valence electrons. The fraction of sp³-hybridized carbons (Fsp3) is 0.364. The second-order valence-corrected chi connectivity index (χ2v) is 3.90. The summed E-state index contributed by atoms with van der Waals surface area (Å²) < 4.78 is 2.22. The molecule has 2 aromatic rings. The molecule has 15 heavy (non-hydrogen) atoms. The molecular formula is C11H14N4. The smallest absolute Gasteiger partial charge is 0.204 e. The predicted octanol–water partition coefficient (Wildman–Crippen LogP) is 1.35. The van der Waals surface area contributed by atoms with Gasteiger partial charge in [-0.05, 0) is 18.6 Å². The van der Waals surface area contributed by atoms with Gasteiger partial charge >= 0.3 is 0 Å². The highest BCUT2D eigenvalue weighted by molar-refractivity contribution is 5.79. The quantitative estimate of drug-likeness (QED) is 0.734. The summed E-state index contributed by atoms with van der Waals surface area (Å²) in [6, 6.07) is 8.57. The minimum Gasteiger partial charge on any atom is -0.356 e. The molecule has 0 aliphatic carbocycles. The Kier molecular flexibility index (Phi) is 1.89. The Labute approximate surface area is 88.1 Å². The minimum absolute atomic E-state index is 0.383. The van der Waals surface area contributed by atoms with Crippen molar-refractivity contribution in [1.29, 1.82) is 0 Å². The number of benzene rings is 1. The highest BCUT2D eigenvalue weighted by Gasteiger charge is 2.21. The Bertz CT molecular complexity index is 488. The third-order valence-corrected chi connectivity index (χ3v) is 2.99. The average molecular weight is 202 g/mol. The summed E-state index contributed by atoms with van der Waals surface area (Å²) in [4.78, 5) is 4.55. The molecule has 2 heterocycles. The van der Waals surface area contributed by atoms with Gasteiger partial charge in [0.1, 0.15) is 0 Å². The van der Waals surface area contributed by atoms with Crippen molar-refractivity contribution >= 4 is 17.0 Å². The first kappa shape index (κ1) is 8.73. The first-order valence-corrected chi connectivity index (χ1v) is 5.31. The van der Waals surface area contributed by atoms with Gasteiger partial charge in [-0.3, -0.25) is 0 Å². The zero-order chi connectivity index (χ0) is 10.3. The van der Waals surface area contributed by atoms with Gasteiger partial charge in [-0.2, -0.15) is 0 Å². The van der Waals surface area contributed by atoms with Crippen molar-refractivity contribution in [2.75, 3.05) is 18.4 Å². The largest absolute Gasteiger partial charge is 0.356 e. The van der Waals surface area contributed by atoms with E-state index in [0.29, 0.717) is 12.6 Å². The van der Waals surface area contributed by atoms with Crippen LogP contribution in [-0.2, 0) is 0 Å².